The van der Waals surface area contributed by atoms with Crippen LogP contribution >= 0.6 is 11.3 Å². The van der Waals surface area contributed by atoms with Gasteiger partial charge in [0.1, 0.15) is 0 Å². The molecule has 0 unspecified atom stereocenters. The van der Waals surface area contributed by atoms with E-state index in [4.69, 9.17) is 5.73 Å². The van der Waals surface area contributed by atoms with Crippen LogP contribution in [-0.2, 0) is 16.0 Å². The molecule has 2 aromatic heterocycles. The Bertz CT molecular complexity index is 572. The standard InChI is InChI=1S/C10H12N4O2S/c1-6-4-14-7(5-17-10(14)13-6)2-9(16)12-3-8(11)15/h4-5H,2-3H2,1H3,(H2,11,15)(H,12,16). The smallest absolute Gasteiger partial charge is 0.236 e. The maximum Gasteiger partial charge on any atom is 0.236 e. The zero-order valence-corrected chi connectivity index (χ0v) is 10.1. The van der Waals surface area contributed by atoms with Crippen LogP contribution in [0, 0.1) is 6.92 Å². The number of aromatic nitrogens is 2. The van der Waals surface area contributed by atoms with Crippen LogP contribution in [0.25, 0.3) is 4.96 Å². The van der Waals surface area contributed by atoms with Crippen LogP contribution in [0.2, 0.25) is 0 Å². The van der Waals surface area contributed by atoms with Gasteiger partial charge in [0.05, 0.1) is 18.7 Å². The van der Waals surface area contributed by atoms with Crippen molar-refractivity contribution in [2.45, 2.75) is 13.3 Å². The Balaban J connectivity index is 2.07. The van der Waals surface area contributed by atoms with Crippen molar-refractivity contribution < 1.29 is 9.59 Å². The van der Waals surface area contributed by atoms with Gasteiger partial charge in [-0.1, -0.05) is 0 Å². The average molecular weight is 252 g/mol. The van der Waals surface area contributed by atoms with Crippen molar-refractivity contribution in [2.24, 2.45) is 5.73 Å². The Morgan fingerprint density at radius 3 is 3.06 bits per heavy atom. The summed E-state index contributed by atoms with van der Waals surface area (Å²) in [6, 6.07) is 0. The van der Waals surface area contributed by atoms with Gasteiger partial charge in [0.15, 0.2) is 4.96 Å². The third-order valence-corrected chi connectivity index (χ3v) is 3.09. The summed E-state index contributed by atoms with van der Waals surface area (Å²) >= 11 is 1.48. The lowest BCUT2D eigenvalue weighted by Crippen LogP contribution is -2.34. The van der Waals surface area contributed by atoms with E-state index in [1.54, 1.807) is 0 Å². The SMILES string of the molecule is Cc1cn2c(CC(=O)NCC(N)=O)csc2n1. The summed E-state index contributed by atoms with van der Waals surface area (Å²) in [6.07, 6.45) is 2.09. The van der Waals surface area contributed by atoms with Crippen LogP contribution in [0.4, 0.5) is 0 Å². The minimum Gasteiger partial charge on any atom is -0.368 e. The molecule has 0 aliphatic rings. The van der Waals surface area contributed by atoms with E-state index in [9.17, 15) is 9.59 Å². The molecule has 17 heavy (non-hydrogen) atoms. The van der Waals surface area contributed by atoms with Crippen molar-refractivity contribution in [3.05, 3.63) is 23.0 Å². The monoisotopic (exact) mass is 252 g/mol. The molecule has 0 aliphatic carbocycles. The van der Waals surface area contributed by atoms with E-state index in [0.29, 0.717) is 0 Å². The molecule has 2 heterocycles. The molecule has 0 atom stereocenters. The number of nitrogens with two attached hydrogens (primary N) is 1. The quantitative estimate of drug-likeness (QED) is 0.793. The van der Waals surface area contributed by atoms with Crippen molar-refractivity contribution in [3.8, 4) is 0 Å². The second kappa shape index (κ2) is 4.54. The molecule has 0 saturated carbocycles. The van der Waals surface area contributed by atoms with Gasteiger partial charge in [0.2, 0.25) is 11.8 Å². The number of aryl methyl sites for hydroxylation is 1. The summed E-state index contributed by atoms with van der Waals surface area (Å²) in [4.78, 5) is 27.2. The van der Waals surface area contributed by atoms with Crippen molar-refractivity contribution in [2.75, 3.05) is 6.54 Å². The lowest BCUT2D eigenvalue weighted by Gasteiger charge is -2.01. The van der Waals surface area contributed by atoms with Crippen LogP contribution in [0.3, 0.4) is 0 Å². The lowest BCUT2D eigenvalue weighted by atomic mass is 10.3. The number of primary amides is 1. The van der Waals surface area contributed by atoms with Crippen molar-refractivity contribution >= 4 is 28.1 Å². The Morgan fingerprint density at radius 2 is 2.35 bits per heavy atom. The van der Waals surface area contributed by atoms with Gasteiger partial charge in [-0.3, -0.25) is 14.0 Å². The van der Waals surface area contributed by atoms with Crippen LogP contribution in [0.5, 0.6) is 0 Å². The molecule has 0 aromatic carbocycles. The zero-order chi connectivity index (χ0) is 12.4. The van der Waals surface area contributed by atoms with Crippen molar-refractivity contribution in [1.29, 1.82) is 0 Å². The molecule has 0 fully saturated rings. The van der Waals surface area contributed by atoms with E-state index < -0.39 is 5.91 Å². The molecule has 0 spiro atoms. The average Bonchev–Trinajstić information content (AvgIpc) is 2.76. The maximum atomic E-state index is 11.5. The van der Waals surface area contributed by atoms with Gasteiger partial charge < -0.3 is 11.1 Å². The summed E-state index contributed by atoms with van der Waals surface area (Å²) in [5.41, 5.74) is 6.71. The lowest BCUT2D eigenvalue weighted by molar-refractivity contribution is -0.124. The number of fused-ring (bicyclic) bond motifs is 1. The summed E-state index contributed by atoms with van der Waals surface area (Å²) in [6.45, 7) is 1.77. The predicted molar refractivity (Wildman–Crippen MR) is 63.7 cm³/mol. The fraction of sp³-hybridized carbons (Fsp3) is 0.300. The molecule has 0 bridgehead atoms. The number of thiazole rings is 1. The first-order valence-electron chi connectivity index (χ1n) is 5.03. The third-order valence-electron chi connectivity index (χ3n) is 2.21. The number of hydrogen-bond donors (Lipinski definition) is 2. The highest BCUT2D eigenvalue weighted by Crippen LogP contribution is 2.16. The highest BCUT2D eigenvalue weighted by atomic mass is 32.1. The summed E-state index contributed by atoms with van der Waals surface area (Å²) in [5.74, 6) is -0.776. The van der Waals surface area contributed by atoms with Crippen molar-refractivity contribution in [3.63, 3.8) is 0 Å². The Hall–Kier alpha value is -1.89. The number of carbonyl (C=O) groups excluding carboxylic acids is 2. The second-order valence-electron chi connectivity index (χ2n) is 3.68. The number of imidazole rings is 1. The fourth-order valence-corrected chi connectivity index (χ4v) is 2.40. The summed E-state index contributed by atoms with van der Waals surface area (Å²) < 4.78 is 1.88. The molecular weight excluding hydrogens is 240 g/mol. The van der Waals surface area contributed by atoms with E-state index in [-0.39, 0.29) is 18.9 Å². The minimum atomic E-state index is -0.549. The van der Waals surface area contributed by atoms with Gasteiger partial charge >= 0.3 is 0 Å². The first-order valence-corrected chi connectivity index (χ1v) is 5.91. The molecule has 2 amide bonds. The molecule has 90 valence electrons. The van der Waals surface area contributed by atoms with E-state index in [1.165, 1.54) is 11.3 Å². The van der Waals surface area contributed by atoms with Gasteiger partial charge in [-0.2, -0.15) is 0 Å². The maximum absolute atomic E-state index is 11.5. The molecule has 6 nitrogen and oxygen atoms in total. The van der Waals surface area contributed by atoms with E-state index in [0.717, 1.165) is 16.3 Å². The number of hydrogen-bond acceptors (Lipinski definition) is 4. The molecule has 0 aliphatic heterocycles. The number of carbonyl (C=O) groups is 2. The minimum absolute atomic E-state index is 0.130. The number of amides is 2. The Morgan fingerprint density at radius 1 is 1.59 bits per heavy atom. The number of nitrogens with one attached hydrogen (secondary N) is 1. The fourth-order valence-electron chi connectivity index (χ4n) is 1.48. The van der Waals surface area contributed by atoms with E-state index in [1.807, 2.05) is 22.9 Å². The van der Waals surface area contributed by atoms with Gasteiger partial charge in [-0.25, -0.2) is 4.98 Å². The molecule has 7 heteroatoms. The Kier molecular flexibility index (Phi) is 3.10. The normalized spacial score (nSPS) is 10.6. The highest BCUT2D eigenvalue weighted by Gasteiger charge is 2.10. The first-order chi connectivity index (χ1) is 8.06. The molecule has 0 radical (unpaired) electrons. The topological polar surface area (TPSA) is 89.5 Å². The van der Waals surface area contributed by atoms with E-state index in [2.05, 4.69) is 10.3 Å². The summed E-state index contributed by atoms with van der Waals surface area (Å²) in [5, 5.41) is 4.33. The van der Waals surface area contributed by atoms with Crippen LogP contribution in [0.15, 0.2) is 11.6 Å². The Labute approximate surface area is 101 Å². The van der Waals surface area contributed by atoms with Gasteiger partial charge in [0.25, 0.3) is 0 Å². The molecular formula is C10H12N4O2S. The molecule has 3 N–H and O–H groups in total. The van der Waals surface area contributed by atoms with Crippen LogP contribution in [-0.4, -0.2) is 27.7 Å². The first kappa shape index (κ1) is 11.6. The predicted octanol–water partition coefficient (Wildman–Crippen LogP) is -0.152. The third kappa shape index (κ3) is 2.62. The van der Waals surface area contributed by atoms with Crippen LogP contribution < -0.4 is 11.1 Å². The van der Waals surface area contributed by atoms with Gasteiger partial charge in [-0.15, -0.1) is 11.3 Å². The summed E-state index contributed by atoms with van der Waals surface area (Å²) in [7, 11) is 0. The zero-order valence-electron chi connectivity index (χ0n) is 9.27. The van der Waals surface area contributed by atoms with Crippen molar-refractivity contribution in [1.82, 2.24) is 14.7 Å². The van der Waals surface area contributed by atoms with E-state index >= 15 is 0 Å². The second-order valence-corrected chi connectivity index (χ2v) is 4.52. The van der Waals surface area contributed by atoms with Gasteiger partial charge in [-0.05, 0) is 6.92 Å². The number of rotatable bonds is 4. The van der Waals surface area contributed by atoms with Crippen LogP contribution in [0.1, 0.15) is 11.4 Å². The highest BCUT2D eigenvalue weighted by molar-refractivity contribution is 7.15. The van der Waals surface area contributed by atoms with Gasteiger partial charge in [0, 0.05) is 17.3 Å². The largest absolute Gasteiger partial charge is 0.368 e. The molecule has 0 saturated heterocycles. The molecule has 2 aromatic rings. The number of nitrogens with zero attached hydrogens (tertiary/aromatic N) is 2. The molecule has 2 rings (SSSR count).